The number of anilines is 1. The first kappa shape index (κ1) is 13.3. The van der Waals surface area contributed by atoms with Crippen LogP contribution in [-0.2, 0) is 6.18 Å². The minimum absolute atomic E-state index is 0.0615. The van der Waals surface area contributed by atoms with E-state index in [1.165, 1.54) is 18.5 Å². The Morgan fingerprint density at radius 3 is 2.42 bits per heavy atom. The number of rotatable bonds is 2. The minimum atomic E-state index is -4.41. The van der Waals surface area contributed by atoms with Crippen molar-refractivity contribution in [1.82, 2.24) is 9.97 Å². The standard InChI is InChI=1S/C13H12F3N3/c1-8-11(18-7-19-12(8)17-2)9-5-3-4-6-10(9)13(14,15)16/h3-7H,1-2H3,(H,17,18,19). The van der Waals surface area contributed by atoms with Gasteiger partial charge in [-0.1, -0.05) is 18.2 Å². The number of halogens is 3. The van der Waals surface area contributed by atoms with Crippen LogP contribution >= 0.6 is 0 Å². The van der Waals surface area contributed by atoms with Gasteiger partial charge in [0.05, 0.1) is 11.3 Å². The Labute approximate surface area is 108 Å². The van der Waals surface area contributed by atoms with Gasteiger partial charge >= 0.3 is 6.18 Å². The van der Waals surface area contributed by atoms with Crippen molar-refractivity contribution in [1.29, 1.82) is 0 Å². The molecule has 0 aliphatic rings. The quantitative estimate of drug-likeness (QED) is 0.904. The zero-order valence-electron chi connectivity index (χ0n) is 10.4. The molecule has 0 fully saturated rings. The molecule has 1 aromatic heterocycles. The molecule has 0 atom stereocenters. The average Bonchev–Trinajstić information content (AvgIpc) is 2.38. The molecule has 19 heavy (non-hydrogen) atoms. The topological polar surface area (TPSA) is 37.8 Å². The van der Waals surface area contributed by atoms with Gasteiger partial charge in [0.25, 0.3) is 0 Å². The van der Waals surface area contributed by atoms with E-state index in [1.807, 2.05) is 0 Å². The van der Waals surface area contributed by atoms with E-state index in [0.29, 0.717) is 11.4 Å². The summed E-state index contributed by atoms with van der Waals surface area (Å²) in [7, 11) is 1.66. The molecule has 0 radical (unpaired) electrons. The number of aromatic nitrogens is 2. The van der Waals surface area contributed by atoms with Crippen molar-refractivity contribution >= 4 is 5.82 Å². The van der Waals surface area contributed by atoms with E-state index in [1.54, 1.807) is 20.0 Å². The maximum absolute atomic E-state index is 13.0. The second-order valence-corrected chi connectivity index (χ2v) is 3.99. The van der Waals surface area contributed by atoms with Crippen LogP contribution in [0.15, 0.2) is 30.6 Å². The van der Waals surface area contributed by atoms with E-state index >= 15 is 0 Å². The molecule has 0 bridgehead atoms. The molecule has 0 aliphatic carbocycles. The number of hydrogen-bond acceptors (Lipinski definition) is 3. The molecule has 1 N–H and O–H groups in total. The van der Waals surface area contributed by atoms with Crippen LogP contribution in [0.4, 0.5) is 19.0 Å². The Morgan fingerprint density at radius 1 is 1.11 bits per heavy atom. The van der Waals surface area contributed by atoms with Crippen LogP contribution < -0.4 is 5.32 Å². The number of hydrogen-bond donors (Lipinski definition) is 1. The largest absolute Gasteiger partial charge is 0.417 e. The third-order valence-electron chi connectivity index (χ3n) is 2.81. The molecule has 0 amide bonds. The third-order valence-corrected chi connectivity index (χ3v) is 2.81. The van der Waals surface area contributed by atoms with E-state index < -0.39 is 11.7 Å². The van der Waals surface area contributed by atoms with Crippen molar-refractivity contribution in [3.05, 3.63) is 41.7 Å². The Hall–Kier alpha value is -2.11. The number of alkyl halides is 3. The summed E-state index contributed by atoms with van der Waals surface area (Å²) in [4.78, 5) is 7.95. The molecule has 2 rings (SSSR count). The summed E-state index contributed by atoms with van der Waals surface area (Å²) in [5.41, 5.74) is 0.235. The van der Waals surface area contributed by atoms with Crippen molar-refractivity contribution in [2.75, 3.05) is 12.4 Å². The lowest BCUT2D eigenvalue weighted by atomic mass is 10.0. The summed E-state index contributed by atoms with van der Waals surface area (Å²) in [5.74, 6) is 0.516. The van der Waals surface area contributed by atoms with Gasteiger partial charge in [-0.3, -0.25) is 0 Å². The molecule has 1 heterocycles. The van der Waals surface area contributed by atoms with Crippen LogP contribution in [0.5, 0.6) is 0 Å². The van der Waals surface area contributed by atoms with Crippen molar-refractivity contribution in [3.8, 4) is 11.3 Å². The van der Waals surface area contributed by atoms with Gasteiger partial charge in [-0.15, -0.1) is 0 Å². The molecule has 100 valence electrons. The fraction of sp³-hybridized carbons (Fsp3) is 0.231. The molecule has 0 saturated heterocycles. The Kier molecular flexibility index (Phi) is 3.42. The zero-order chi connectivity index (χ0) is 14.0. The summed E-state index contributed by atoms with van der Waals surface area (Å²) in [5, 5.41) is 2.83. The van der Waals surface area contributed by atoms with Gasteiger partial charge in [0.1, 0.15) is 12.1 Å². The maximum atomic E-state index is 13.0. The second kappa shape index (κ2) is 4.87. The predicted octanol–water partition coefficient (Wildman–Crippen LogP) is 3.51. The zero-order valence-corrected chi connectivity index (χ0v) is 10.4. The van der Waals surface area contributed by atoms with Crippen LogP contribution in [0.2, 0.25) is 0 Å². The third kappa shape index (κ3) is 2.52. The lowest BCUT2D eigenvalue weighted by Gasteiger charge is -2.14. The van der Waals surface area contributed by atoms with Crippen molar-refractivity contribution < 1.29 is 13.2 Å². The summed E-state index contributed by atoms with van der Waals surface area (Å²) in [6.45, 7) is 1.69. The smallest absolute Gasteiger partial charge is 0.373 e. The van der Waals surface area contributed by atoms with Crippen LogP contribution in [0.1, 0.15) is 11.1 Å². The fourth-order valence-electron chi connectivity index (χ4n) is 1.91. The highest BCUT2D eigenvalue weighted by molar-refractivity contribution is 5.71. The van der Waals surface area contributed by atoms with Crippen molar-refractivity contribution in [2.24, 2.45) is 0 Å². The van der Waals surface area contributed by atoms with Gasteiger partial charge in [0, 0.05) is 18.2 Å². The van der Waals surface area contributed by atoms with Crippen molar-refractivity contribution in [2.45, 2.75) is 13.1 Å². The van der Waals surface area contributed by atoms with E-state index in [0.717, 1.165) is 6.07 Å². The molecular weight excluding hydrogens is 255 g/mol. The number of nitrogens with zero attached hydrogens (tertiary/aromatic N) is 2. The van der Waals surface area contributed by atoms with Gasteiger partial charge in [-0.25, -0.2) is 9.97 Å². The predicted molar refractivity (Wildman–Crippen MR) is 66.8 cm³/mol. The summed E-state index contributed by atoms with van der Waals surface area (Å²) in [6.07, 6.45) is -3.16. The number of nitrogens with one attached hydrogen (secondary N) is 1. The monoisotopic (exact) mass is 267 g/mol. The Balaban J connectivity index is 2.67. The van der Waals surface area contributed by atoms with Crippen molar-refractivity contribution in [3.63, 3.8) is 0 Å². The second-order valence-electron chi connectivity index (χ2n) is 3.99. The highest BCUT2D eigenvalue weighted by Gasteiger charge is 2.34. The lowest BCUT2D eigenvalue weighted by Crippen LogP contribution is -2.08. The molecule has 1 aromatic carbocycles. The molecule has 6 heteroatoms. The Bertz CT molecular complexity index is 594. The van der Waals surface area contributed by atoms with Crippen LogP contribution in [0.25, 0.3) is 11.3 Å². The normalized spacial score (nSPS) is 11.4. The molecular formula is C13H12F3N3. The van der Waals surface area contributed by atoms with Crippen LogP contribution in [-0.4, -0.2) is 17.0 Å². The summed E-state index contributed by atoms with van der Waals surface area (Å²) in [6, 6.07) is 5.39. The number of benzene rings is 1. The van der Waals surface area contributed by atoms with Gasteiger partial charge < -0.3 is 5.32 Å². The lowest BCUT2D eigenvalue weighted by molar-refractivity contribution is -0.137. The molecule has 0 unspecified atom stereocenters. The van der Waals surface area contributed by atoms with E-state index in [4.69, 9.17) is 0 Å². The summed E-state index contributed by atoms with van der Waals surface area (Å²) >= 11 is 0. The molecule has 0 saturated carbocycles. The average molecular weight is 267 g/mol. The first-order valence-corrected chi connectivity index (χ1v) is 5.61. The molecule has 0 spiro atoms. The fourth-order valence-corrected chi connectivity index (χ4v) is 1.91. The molecule has 2 aromatic rings. The van der Waals surface area contributed by atoms with Crippen LogP contribution in [0.3, 0.4) is 0 Å². The minimum Gasteiger partial charge on any atom is -0.373 e. The van der Waals surface area contributed by atoms with Gasteiger partial charge in [0.15, 0.2) is 0 Å². The van der Waals surface area contributed by atoms with Gasteiger partial charge in [-0.05, 0) is 13.0 Å². The molecule has 0 aliphatic heterocycles. The SMILES string of the molecule is CNc1ncnc(-c2ccccc2C(F)(F)F)c1C. The van der Waals surface area contributed by atoms with Gasteiger partial charge in [-0.2, -0.15) is 13.2 Å². The maximum Gasteiger partial charge on any atom is 0.417 e. The Morgan fingerprint density at radius 2 is 1.79 bits per heavy atom. The summed E-state index contributed by atoms with van der Waals surface area (Å²) < 4.78 is 39.0. The first-order valence-electron chi connectivity index (χ1n) is 5.61. The highest BCUT2D eigenvalue weighted by atomic mass is 19.4. The highest BCUT2D eigenvalue weighted by Crippen LogP contribution is 2.37. The molecule has 3 nitrogen and oxygen atoms in total. The first-order chi connectivity index (χ1) is 8.95. The van der Waals surface area contributed by atoms with E-state index in [-0.39, 0.29) is 11.3 Å². The van der Waals surface area contributed by atoms with Crippen LogP contribution in [0, 0.1) is 6.92 Å². The van der Waals surface area contributed by atoms with Gasteiger partial charge in [0.2, 0.25) is 0 Å². The van der Waals surface area contributed by atoms with E-state index in [2.05, 4.69) is 15.3 Å². The van der Waals surface area contributed by atoms with E-state index in [9.17, 15) is 13.2 Å².